The molecular weight excluding hydrogens is 208 g/mol. The van der Waals surface area contributed by atoms with Gasteiger partial charge in [0.15, 0.2) is 0 Å². The van der Waals surface area contributed by atoms with Crippen LogP contribution in [0.25, 0.3) is 0 Å². The third-order valence-corrected chi connectivity index (χ3v) is 1.87. The largest absolute Gasteiger partial charge is 0.364 e. The fourth-order valence-electron chi connectivity index (χ4n) is 1.09. The van der Waals surface area contributed by atoms with E-state index in [-0.39, 0.29) is 17.1 Å². The van der Waals surface area contributed by atoms with Crippen molar-refractivity contribution in [2.24, 2.45) is 5.92 Å². The quantitative estimate of drug-likeness (QED) is 0.618. The number of pyridine rings is 1. The maximum Gasteiger partial charge on any atom is 0.312 e. The van der Waals surface area contributed by atoms with Crippen LogP contribution in [0.15, 0.2) is 12.3 Å². The van der Waals surface area contributed by atoms with E-state index in [9.17, 15) is 10.1 Å². The third kappa shape index (κ3) is 2.92. The Bertz CT molecular complexity index is 437. The Morgan fingerprint density at radius 3 is 2.88 bits per heavy atom. The molecule has 0 radical (unpaired) electrons. The van der Waals surface area contributed by atoms with Gasteiger partial charge in [-0.2, -0.15) is 5.26 Å². The van der Waals surface area contributed by atoms with Crippen LogP contribution in [0.5, 0.6) is 0 Å². The van der Waals surface area contributed by atoms with Crippen LogP contribution in [0, 0.1) is 27.4 Å². The summed E-state index contributed by atoms with van der Waals surface area (Å²) in [5.41, 5.74) is 0.0153. The number of hydrogen-bond donors (Lipinski definition) is 1. The Balaban J connectivity index is 3.00. The molecule has 1 heterocycles. The minimum atomic E-state index is -0.545. The number of nitriles is 1. The molecular formula is C10H12N4O2. The number of nitro groups is 1. The van der Waals surface area contributed by atoms with E-state index in [4.69, 9.17) is 5.26 Å². The Hall–Kier alpha value is -2.16. The highest BCUT2D eigenvalue weighted by Gasteiger charge is 2.16. The van der Waals surface area contributed by atoms with E-state index < -0.39 is 4.92 Å². The standard InChI is InChI=1S/C10H12N4O2/c1-7(2)5-12-10-9(14(15)16)3-8(4-11)6-13-10/h3,6-7H,5H2,1-2H3,(H,12,13). The lowest BCUT2D eigenvalue weighted by molar-refractivity contribution is -0.384. The number of rotatable bonds is 4. The van der Waals surface area contributed by atoms with E-state index >= 15 is 0 Å². The van der Waals surface area contributed by atoms with Crippen molar-refractivity contribution in [2.75, 3.05) is 11.9 Å². The highest BCUT2D eigenvalue weighted by molar-refractivity contribution is 5.58. The SMILES string of the molecule is CC(C)CNc1ncc(C#N)cc1[N+](=O)[O-]. The van der Waals surface area contributed by atoms with E-state index in [0.717, 1.165) is 0 Å². The average Bonchev–Trinajstić information content (AvgIpc) is 2.25. The summed E-state index contributed by atoms with van der Waals surface area (Å²) < 4.78 is 0. The van der Waals surface area contributed by atoms with Crippen LogP contribution < -0.4 is 5.32 Å². The monoisotopic (exact) mass is 220 g/mol. The Morgan fingerprint density at radius 2 is 2.38 bits per heavy atom. The van der Waals surface area contributed by atoms with Gasteiger partial charge in [-0.1, -0.05) is 13.8 Å². The molecule has 0 aliphatic rings. The summed E-state index contributed by atoms with van der Waals surface area (Å²) in [6, 6.07) is 3.04. The van der Waals surface area contributed by atoms with Gasteiger partial charge < -0.3 is 5.32 Å². The van der Waals surface area contributed by atoms with Crippen molar-refractivity contribution in [1.29, 1.82) is 5.26 Å². The second kappa shape index (κ2) is 5.07. The first-order chi connectivity index (χ1) is 7.54. The van der Waals surface area contributed by atoms with Crippen LogP contribution in [0.2, 0.25) is 0 Å². The van der Waals surface area contributed by atoms with Crippen molar-refractivity contribution in [1.82, 2.24) is 4.98 Å². The number of anilines is 1. The number of hydrogen-bond acceptors (Lipinski definition) is 5. The van der Waals surface area contributed by atoms with Crippen LogP contribution in [-0.4, -0.2) is 16.5 Å². The molecule has 1 aromatic heterocycles. The normalized spacial score (nSPS) is 9.88. The predicted molar refractivity (Wildman–Crippen MR) is 58.9 cm³/mol. The van der Waals surface area contributed by atoms with E-state index in [2.05, 4.69) is 10.3 Å². The van der Waals surface area contributed by atoms with Crippen molar-refractivity contribution in [2.45, 2.75) is 13.8 Å². The maximum absolute atomic E-state index is 10.8. The zero-order valence-electron chi connectivity index (χ0n) is 9.10. The molecule has 0 spiro atoms. The zero-order chi connectivity index (χ0) is 12.1. The highest BCUT2D eigenvalue weighted by Crippen LogP contribution is 2.22. The lowest BCUT2D eigenvalue weighted by atomic mass is 10.2. The Morgan fingerprint density at radius 1 is 1.69 bits per heavy atom. The summed E-state index contributed by atoms with van der Waals surface area (Å²) in [5, 5.41) is 22.3. The fourth-order valence-corrected chi connectivity index (χ4v) is 1.09. The summed E-state index contributed by atoms with van der Waals surface area (Å²) in [7, 11) is 0. The van der Waals surface area contributed by atoms with Crippen molar-refractivity contribution >= 4 is 11.5 Å². The maximum atomic E-state index is 10.8. The molecule has 0 bridgehead atoms. The van der Waals surface area contributed by atoms with Gasteiger partial charge >= 0.3 is 5.69 Å². The van der Waals surface area contributed by atoms with Gasteiger partial charge in [0.05, 0.1) is 10.5 Å². The van der Waals surface area contributed by atoms with E-state index in [1.165, 1.54) is 12.3 Å². The number of aromatic nitrogens is 1. The predicted octanol–water partition coefficient (Wildman–Crippen LogP) is 1.93. The Labute approximate surface area is 93.1 Å². The summed E-state index contributed by atoms with van der Waals surface area (Å²) in [5.74, 6) is 0.565. The van der Waals surface area contributed by atoms with Gasteiger partial charge in [0.1, 0.15) is 6.07 Å². The summed E-state index contributed by atoms with van der Waals surface area (Å²) in [4.78, 5) is 14.1. The van der Waals surface area contributed by atoms with Crippen LogP contribution in [0.3, 0.4) is 0 Å². The summed E-state index contributed by atoms with van der Waals surface area (Å²) >= 11 is 0. The van der Waals surface area contributed by atoms with Gasteiger partial charge in [0.2, 0.25) is 5.82 Å². The highest BCUT2D eigenvalue weighted by atomic mass is 16.6. The van der Waals surface area contributed by atoms with Crippen LogP contribution >= 0.6 is 0 Å². The summed E-state index contributed by atoms with van der Waals surface area (Å²) in [6.07, 6.45) is 1.32. The molecule has 0 saturated carbocycles. The van der Waals surface area contributed by atoms with Crippen LogP contribution in [0.1, 0.15) is 19.4 Å². The first-order valence-corrected chi connectivity index (χ1v) is 4.83. The lowest BCUT2D eigenvalue weighted by Gasteiger charge is -2.08. The first kappa shape index (κ1) is 11.9. The number of nitrogens with zero attached hydrogens (tertiary/aromatic N) is 3. The minimum absolute atomic E-state index is 0.167. The molecule has 0 saturated heterocycles. The molecule has 6 heteroatoms. The van der Waals surface area contributed by atoms with Crippen LogP contribution in [0.4, 0.5) is 11.5 Å². The van der Waals surface area contributed by atoms with Crippen molar-refractivity contribution in [3.8, 4) is 6.07 Å². The molecule has 0 aliphatic carbocycles. The molecule has 0 unspecified atom stereocenters. The van der Waals surface area contributed by atoms with E-state index in [1.54, 1.807) is 0 Å². The molecule has 0 aromatic carbocycles. The van der Waals surface area contributed by atoms with E-state index in [1.807, 2.05) is 19.9 Å². The second-order valence-electron chi connectivity index (χ2n) is 3.74. The molecule has 1 rings (SSSR count). The smallest absolute Gasteiger partial charge is 0.312 e. The van der Waals surface area contributed by atoms with Gasteiger partial charge in [-0.3, -0.25) is 10.1 Å². The third-order valence-electron chi connectivity index (χ3n) is 1.87. The molecule has 84 valence electrons. The molecule has 0 atom stereocenters. The van der Waals surface area contributed by atoms with Gasteiger partial charge in [0.25, 0.3) is 0 Å². The molecule has 1 aromatic rings. The summed E-state index contributed by atoms with van der Waals surface area (Å²) in [6.45, 7) is 4.57. The molecule has 16 heavy (non-hydrogen) atoms. The lowest BCUT2D eigenvalue weighted by Crippen LogP contribution is -2.11. The fraction of sp³-hybridized carbons (Fsp3) is 0.400. The average molecular weight is 220 g/mol. The minimum Gasteiger partial charge on any atom is -0.364 e. The molecule has 0 amide bonds. The Kier molecular flexibility index (Phi) is 3.78. The topological polar surface area (TPSA) is 91.8 Å². The molecule has 1 N–H and O–H groups in total. The van der Waals surface area contributed by atoms with E-state index in [0.29, 0.717) is 12.5 Å². The van der Waals surface area contributed by atoms with Crippen molar-refractivity contribution in [3.05, 3.63) is 27.9 Å². The van der Waals surface area contributed by atoms with Gasteiger partial charge in [-0.15, -0.1) is 0 Å². The van der Waals surface area contributed by atoms with Gasteiger partial charge in [-0.25, -0.2) is 4.98 Å². The van der Waals surface area contributed by atoms with Gasteiger partial charge in [-0.05, 0) is 5.92 Å². The molecule has 6 nitrogen and oxygen atoms in total. The first-order valence-electron chi connectivity index (χ1n) is 4.83. The zero-order valence-corrected chi connectivity index (χ0v) is 9.10. The van der Waals surface area contributed by atoms with Crippen molar-refractivity contribution in [3.63, 3.8) is 0 Å². The van der Waals surface area contributed by atoms with Gasteiger partial charge in [0, 0.05) is 18.8 Å². The molecule has 0 aliphatic heterocycles. The number of nitrogens with one attached hydrogen (secondary N) is 1. The van der Waals surface area contributed by atoms with Crippen LogP contribution in [-0.2, 0) is 0 Å². The van der Waals surface area contributed by atoms with Crippen molar-refractivity contribution < 1.29 is 4.92 Å². The molecule has 0 fully saturated rings. The second-order valence-corrected chi connectivity index (χ2v) is 3.74.